The molecule has 0 heterocycles. The van der Waals surface area contributed by atoms with Gasteiger partial charge in [-0.15, -0.1) is 0 Å². The summed E-state index contributed by atoms with van der Waals surface area (Å²) in [5, 5.41) is 12.2. The third-order valence-corrected chi connectivity index (χ3v) is 3.35. The van der Waals surface area contributed by atoms with Gasteiger partial charge < -0.3 is 20.1 Å². The average Bonchev–Trinajstić information content (AvgIpc) is 2.48. The van der Waals surface area contributed by atoms with Gasteiger partial charge in [0.15, 0.2) is 0 Å². The fourth-order valence-corrected chi connectivity index (χ4v) is 2.19. The molecule has 114 valence electrons. The number of aliphatic hydroxyl groups excluding tert-OH is 1. The Kier molecular flexibility index (Phi) is 9.04. The van der Waals surface area contributed by atoms with Gasteiger partial charge in [0, 0.05) is 46.1 Å². The predicted molar refractivity (Wildman–Crippen MR) is 84.2 cm³/mol. The van der Waals surface area contributed by atoms with Crippen LogP contribution >= 0.6 is 0 Å². The number of anilines is 1. The molecule has 0 radical (unpaired) electrons. The molecule has 4 nitrogen and oxygen atoms in total. The van der Waals surface area contributed by atoms with Gasteiger partial charge in [-0.2, -0.15) is 0 Å². The SMILES string of the molecule is COCCNCc1ccccc1N(C)CCCCCO. The highest BCUT2D eigenvalue weighted by atomic mass is 16.5. The molecule has 20 heavy (non-hydrogen) atoms. The Morgan fingerprint density at radius 2 is 2.00 bits per heavy atom. The van der Waals surface area contributed by atoms with Crippen molar-refractivity contribution in [2.75, 3.05) is 45.4 Å². The molecule has 0 aliphatic rings. The molecule has 1 aromatic carbocycles. The molecular weight excluding hydrogens is 252 g/mol. The molecule has 0 saturated carbocycles. The molecule has 0 fully saturated rings. The lowest BCUT2D eigenvalue weighted by Gasteiger charge is -2.22. The minimum Gasteiger partial charge on any atom is -0.396 e. The van der Waals surface area contributed by atoms with E-state index < -0.39 is 0 Å². The minimum atomic E-state index is 0.295. The molecule has 0 aromatic heterocycles. The monoisotopic (exact) mass is 280 g/mol. The van der Waals surface area contributed by atoms with Gasteiger partial charge in [0.25, 0.3) is 0 Å². The van der Waals surface area contributed by atoms with E-state index in [4.69, 9.17) is 9.84 Å². The first-order valence-electron chi connectivity index (χ1n) is 7.39. The molecule has 2 N–H and O–H groups in total. The number of hydrogen-bond donors (Lipinski definition) is 2. The second-order valence-corrected chi connectivity index (χ2v) is 5.00. The molecule has 1 rings (SSSR count). The summed E-state index contributed by atoms with van der Waals surface area (Å²) in [5.41, 5.74) is 2.59. The van der Waals surface area contributed by atoms with Crippen molar-refractivity contribution in [2.24, 2.45) is 0 Å². The van der Waals surface area contributed by atoms with Crippen LogP contribution in [0.2, 0.25) is 0 Å². The summed E-state index contributed by atoms with van der Waals surface area (Å²) < 4.78 is 5.04. The van der Waals surface area contributed by atoms with Crippen LogP contribution in [0.3, 0.4) is 0 Å². The molecule has 1 aromatic rings. The number of unbranched alkanes of at least 4 members (excludes halogenated alkanes) is 2. The molecule has 0 aliphatic heterocycles. The van der Waals surface area contributed by atoms with Crippen LogP contribution in [-0.2, 0) is 11.3 Å². The van der Waals surface area contributed by atoms with E-state index in [2.05, 4.69) is 41.5 Å². The van der Waals surface area contributed by atoms with Crippen molar-refractivity contribution in [2.45, 2.75) is 25.8 Å². The molecule has 0 amide bonds. The quantitative estimate of drug-likeness (QED) is 0.609. The number of hydrogen-bond acceptors (Lipinski definition) is 4. The lowest BCUT2D eigenvalue weighted by molar-refractivity contribution is 0.199. The smallest absolute Gasteiger partial charge is 0.0587 e. The summed E-state index contributed by atoms with van der Waals surface area (Å²) in [6.45, 7) is 3.78. The van der Waals surface area contributed by atoms with Crippen molar-refractivity contribution in [1.82, 2.24) is 5.32 Å². The number of nitrogens with one attached hydrogen (secondary N) is 1. The maximum Gasteiger partial charge on any atom is 0.0587 e. The van der Waals surface area contributed by atoms with Crippen LogP contribution < -0.4 is 10.2 Å². The van der Waals surface area contributed by atoms with Crippen LogP contribution in [0.5, 0.6) is 0 Å². The molecule has 0 atom stereocenters. The van der Waals surface area contributed by atoms with Gasteiger partial charge in [0.2, 0.25) is 0 Å². The zero-order valence-corrected chi connectivity index (χ0v) is 12.8. The Balaban J connectivity index is 2.46. The van der Waals surface area contributed by atoms with E-state index in [9.17, 15) is 0 Å². The largest absolute Gasteiger partial charge is 0.396 e. The van der Waals surface area contributed by atoms with Crippen LogP contribution in [0.4, 0.5) is 5.69 Å². The number of methoxy groups -OCH3 is 1. The van der Waals surface area contributed by atoms with Crippen molar-refractivity contribution in [3.8, 4) is 0 Å². The summed E-state index contributed by atoms with van der Waals surface area (Å²) >= 11 is 0. The number of rotatable bonds is 11. The highest BCUT2D eigenvalue weighted by Gasteiger charge is 2.06. The van der Waals surface area contributed by atoms with Crippen molar-refractivity contribution in [1.29, 1.82) is 0 Å². The summed E-state index contributed by atoms with van der Waals surface area (Å²) in [5.74, 6) is 0. The Bertz CT molecular complexity index is 358. The van der Waals surface area contributed by atoms with Gasteiger partial charge in [0.1, 0.15) is 0 Å². The Hall–Kier alpha value is -1.10. The van der Waals surface area contributed by atoms with E-state index >= 15 is 0 Å². The molecule has 0 aliphatic carbocycles. The lowest BCUT2D eigenvalue weighted by atomic mass is 10.1. The van der Waals surface area contributed by atoms with Crippen LogP contribution in [0.25, 0.3) is 0 Å². The van der Waals surface area contributed by atoms with E-state index in [1.165, 1.54) is 11.3 Å². The molecule has 0 saturated heterocycles. The average molecular weight is 280 g/mol. The second-order valence-electron chi connectivity index (χ2n) is 5.00. The Morgan fingerprint density at radius 1 is 1.20 bits per heavy atom. The van der Waals surface area contributed by atoms with Crippen molar-refractivity contribution in [3.05, 3.63) is 29.8 Å². The van der Waals surface area contributed by atoms with Crippen LogP contribution in [0.1, 0.15) is 24.8 Å². The highest BCUT2D eigenvalue weighted by Crippen LogP contribution is 2.19. The normalized spacial score (nSPS) is 10.8. The van der Waals surface area contributed by atoms with Gasteiger partial charge in [-0.1, -0.05) is 18.2 Å². The fraction of sp³-hybridized carbons (Fsp3) is 0.625. The molecule has 4 heteroatoms. The fourth-order valence-electron chi connectivity index (χ4n) is 2.19. The van der Waals surface area contributed by atoms with E-state index in [1.807, 2.05) is 0 Å². The first-order chi connectivity index (χ1) is 9.79. The maximum absolute atomic E-state index is 8.80. The first-order valence-corrected chi connectivity index (χ1v) is 7.39. The number of ether oxygens (including phenoxy) is 1. The zero-order chi connectivity index (χ0) is 14.6. The Morgan fingerprint density at radius 3 is 2.75 bits per heavy atom. The summed E-state index contributed by atoms with van der Waals surface area (Å²) in [4.78, 5) is 2.30. The van der Waals surface area contributed by atoms with E-state index in [-0.39, 0.29) is 0 Å². The summed E-state index contributed by atoms with van der Waals surface area (Å²) in [6, 6.07) is 8.49. The van der Waals surface area contributed by atoms with Crippen LogP contribution in [-0.4, -0.2) is 45.6 Å². The lowest BCUT2D eigenvalue weighted by Crippen LogP contribution is -2.23. The Labute approximate surface area is 122 Å². The zero-order valence-electron chi connectivity index (χ0n) is 12.8. The second kappa shape index (κ2) is 10.7. The molecule has 0 spiro atoms. The third kappa shape index (κ3) is 6.37. The molecular formula is C16H28N2O2. The van der Waals surface area contributed by atoms with Crippen LogP contribution in [0.15, 0.2) is 24.3 Å². The topological polar surface area (TPSA) is 44.7 Å². The first kappa shape index (κ1) is 17.0. The minimum absolute atomic E-state index is 0.295. The van der Waals surface area contributed by atoms with Gasteiger partial charge >= 0.3 is 0 Å². The summed E-state index contributed by atoms with van der Waals surface area (Å²) in [7, 11) is 3.85. The van der Waals surface area contributed by atoms with Gasteiger partial charge in [-0.05, 0) is 30.9 Å². The van der Waals surface area contributed by atoms with E-state index in [0.717, 1.165) is 45.5 Å². The standard InChI is InChI=1S/C16H28N2O2/c1-18(11-6-3-7-12-19)16-9-5-4-8-15(16)14-17-10-13-20-2/h4-5,8-9,17,19H,3,6-7,10-14H2,1-2H3. The van der Waals surface area contributed by atoms with Gasteiger partial charge in [0.05, 0.1) is 6.61 Å². The number of para-hydroxylation sites is 1. The van der Waals surface area contributed by atoms with Crippen molar-refractivity contribution in [3.63, 3.8) is 0 Å². The maximum atomic E-state index is 8.80. The van der Waals surface area contributed by atoms with E-state index in [0.29, 0.717) is 6.61 Å². The highest BCUT2D eigenvalue weighted by molar-refractivity contribution is 5.52. The number of nitrogens with zero attached hydrogens (tertiary/aromatic N) is 1. The number of benzene rings is 1. The van der Waals surface area contributed by atoms with Crippen molar-refractivity contribution < 1.29 is 9.84 Å². The predicted octanol–water partition coefficient (Wildman–Crippen LogP) is 2.02. The van der Waals surface area contributed by atoms with Gasteiger partial charge in [-0.25, -0.2) is 0 Å². The van der Waals surface area contributed by atoms with E-state index in [1.54, 1.807) is 7.11 Å². The number of aliphatic hydroxyl groups is 1. The molecule has 0 unspecified atom stereocenters. The van der Waals surface area contributed by atoms with Crippen molar-refractivity contribution >= 4 is 5.69 Å². The third-order valence-electron chi connectivity index (χ3n) is 3.35. The summed E-state index contributed by atoms with van der Waals surface area (Å²) in [6.07, 6.45) is 3.09. The van der Waals surface area contributed by atoms with Gasteiger partial charge in [-0.3, -0.25) is 0 Å². The van der Waals surface area contributed by atoms with Crippen LogP contribution in [0, 0.1) is 0 Å². The molecule has 0 bridgehead atoms.